The number of imidazole rings is 1. The molecule has 2 aromatic heterocycles. The number of pyridine rings is 1. The summed E-state index contributed by atoms with van der Waals surface area (Å²) >= 11 is 0. The first-order chi connectivity index (χ1) is 11.6. The highest BCUT2D eigenvalue weighted by molar-refractivity contribution is 5.79. The van der Waals surface area contributed by atoms with Gasteiger partial charge in [-0.05, 0) is 31.9 Å². The Morgan fingerprint density at radius 3 is 2.83 bits per heavy atom. The van der Waals surface area contributed by atoms with Gasteiger partial charge in [0.15, 0.2) is 5.43 Å². The zero-order valence-electron chi connectivity index (χ0n) is 14.1. The first-order valence-electron chi connectivity index (χ1n) is 8.43. The first kappa shape index (κ1) is 15.1. The van der Waals surface area contributed by atoms with Gasteiger partial charge in [0, 0.05) is 54.7 Å². The van der Waals surface area contributed by atoms with Gasteiger partial charge in [0.25, 0.3) is 0 Å². The Balaban J connectivity index is 1.63. The van der Waals surface area contributed by atoms with Crippen LogP contribution in [0.5, 0.6) is 0 Å². The minimum Gasteiger partial charge on any atom is -0.357 e. The van der Waals surface area contributed by atoms with Gasteiger partial charge in [-0.25, -0.2) is 4.98 Å². The lowest BCUT2D eigenvalue weighted by molar-refractivity contribution is 0.234. The van der Waals surface area contributed by atoms with Crippen molar-refractivity contribution >= 4 is 10.9 Å². The summed E-state index contributed by atoms with van der Waals surface area (Å²) in [5.74, 6) is 1.06. The Bertz CT molecular complexity index is 936. The number of fused-ring (bicyclic) bond motifs is 1. The number of benzene rings is 1. The normalized spacial score (nSPS) is 14.6. The third-order valence-electron chi connectivity index (χ3n) is 4.74. The standard InChI is InChI=1S/C19H22N4O/c1-13-3-6-17-16(9-13)18(24)10-14(21-17)11-23(15-4-5-15)12-19-20-7-8-22(19)2/h3,6-10,15H,4-5,11-12H2,1-2H3,(H,21,24). The molecule has 0 bridgehead atoms. The van der Waals surface area contributed by atoms with E-state index < -0.39 is 0 Å². The molecule has 24 heavy (non-hydrogen) atoms. The topological polar surface area (TPSA) is 53.9 Å². The second-order valence-corrected chi connectivity index (χ2v) is 6.80. The highest BCUT2D eigenvalue weighted by atomic mass is 16.1. The van der Waals surface area contributed by atoms with Gasteiger partial charge in [-0.1, -0.05) is 11.6 Å². The van der Waals surface area contributed by atoms with Crippen LogP contribution in [0.3, 0.4) is 0 Å². The van der Waals surface area contributed by atoms with Gasteiger partial charge in [0.1, 0.15) is 5.82 Å². The second-order valence-electron chi connectivity index (χ2n) is 6.80. The van der Waals surface area contributed by atoms with E-state index in [1.807, 2.05) is 44.6 Å². The van der Waals surface area contributed by atoms with Crippen molar-refractivity contribution in [1.82, 2.24) is 19.4 Å². The monoisotopic (exact) mass is 322 g/mol. The van der Waals surface area contributed by atoms with E-state index in [1.54, 1.807) is 6.07 Å². The smallest absolute Gasteiger partial charge is 0.189 e. The van der Waals surface area contributed by atoms with Gasteiger partial charge in [-0.3, -0.25) is 9.69 Å². The van der Waals surface area contributed by atoms with Gasteiger partial charge < -0.3 is 9.55 Å². The van der Waals surface area contributed by atoms with Crippen molar-refractivity contribution in [3.63, 3.8) is 0 Å². The van der Waals surface area contributed by atoms with Crippen LogP contribution in [0.25, 0.3) is 10.9 Å². The molecule has 0 atom stereocenters. The molecule has 2 heterocycles. The van der Waals surface area contributed by atoms with Crippen molar-refractivity contribution in [2.45, 2.75) is 38.9 Å². The Morgan fingerprint density at radius 2 is 2.12 bits per heavy atom. The van der Waals surface area contributed by atoms with Crippen molar-refractivity contribution in [1.29, 1.82) is 0 Å². The maximum Gasteiger partial charge on any atom is 0.189 e. The van der Waals surface area contributed by atoms with E-state index in [-0.39, 0.29) is 5.43 Å². The van der Waals surface area contributed by atoms with Gasteiger partial charge in [-0.2, -0.15) is 0 Å². The van der Waals surface area contributed by atoms with Crippen LogP contribution in [0.15, 0.2) is 41.5 Å². The third kappa shape index (κ3) is 2.99. The van der Waals surface area contributed by atoms with Gasteiger partial charge >= 0.3 is 0 Å². The molecule has 0 saturated heterocycles. The van der Waals surface area contributed by atoms with E-state index in [9.17, 15) is 4.79 Å². The summed E-state index contributed by atoms with van der Waals surface area (Å²) < 4.78 is 2.06. The average molecular weight is 322 g/mol. The summed E-state index contributed by atoms with van der Waals surface area (Å²) in [6.45, 7) is 3.56. The predicted octanol–water partition coefficient (Wildman–Crippen LogP) is 2.73. The molecule has 0 aliphatic heterocycles. The molecule has 0 spiro atoms. The molecule has 4 rings (SSSR count). The maximum atomic E-state index is 12.4. The Hall–Kier alpha value is -2.40. The fraction of sp³-hybridized carbons (Fsp3) is 0.368. The first-order valence-corrected chi connectivity index (χ1v) is 8.43. The summed E-state index contributed by atoms with van der Waals surface area (Å²) in [4.78, 5) is 22.7. The fourth-order valence-corrected chi connectivity index (χ4v) is 3.20. The number of aryl methyl sites for hydroxylation is 2. The largest absolute Gasteiger partial charge is 0.357 e. The highest BCUT2D eigenvalue weighted by Crippen LogP contribution is 2.29. The van der Waals surface area contributed by atoms with Crippen molar-refractivity contribution in [3.8, 4) is 0 Å². The SMILES string of the molecule is Cc1ccc2[nH]c(CN(Cc3nccn3C)C3CC3)cc(=O)c2c1. The zero-order chi connectivity index (χ0) is 16.7. The van der Waals surface area contributed by atoms with E-state index in [4.69, 9.17) is 0 Å². The molecule has 0 amide bonds. The van der Waals surface area contributed by atoms with E-state index in [1.165, 1.54) is 12.8 Å². The van der Waals surface area contributed by atoms with E-state index in [2.05, 4.69) is 19.4 Å². The van der Waals surface area contributed by atoms with Gasteiger partial charge in [-0.15, -0.1) is 0 Å². The van der Waals surface area contributed by atoms with E-state index in [0.29, 0.717) is 6.04 Å². The Labute approximate surface area is 140 Å². The second kappa shape index (κ2) is 5.91. The fourth-order valence-electron chi connectivity index (χ4n) is 3.20. The summed E-state index contributed by atoms with van der Waals surface area (Å²) in [6, 6.07) is 8.32. The molecule has 1 N–H and O–H groups in total. The van der Waals surface area contributed by atoms with Crippen LogP contribution in [0, 0.1) is 6.92 Å². The number of rotatable bonds is 5. The molecule has 1 saturated carbocycles. The van der Waals surface area contributed by atoms with Crippen molar-refractivity contribution in [2.24, 2.45) is 7.05 Å². The number of aromatic amines is 1. The molecule has 124 valence electrons. The molecule has 1 fully saturated rings. The maximum absolute atomic E-state index is 12.4. The quantitative estimate of drug-likeness (QED) is 0.786. The van der Waals surface area contributed by atoms with Crippen molar-refractivity contribution in [3.05, 3.63) is 64.0 Å². The number of nitrogens with zero attached hydrogens (tertiary/aromatic N) is 3. The number of aromatic nitrogens is 3. The highest BCUT2D eigenvalue weighted by Gasteiger charge is 2.30. The van der Waals surface area contributed by atoms with E-state index in [0.717, 1.165) is 41.1 Å². The Morgan fingerprint density at radius 1 is 1.29 bits per heavy atom. The molecule has 1 aliphatic rings. The molecule has 5 nitrogen and oxygen atoms in total. The van der Waals surface area contributed by atoms with Gasteiger partial charge in [0.2, 0.25) is 0 Å². The predicted molar refractivity (Wildman–Crippen MR) is 94.8 cm³/mol. The zero-order valence-corrected chi connectivity index (χ0v) is 14.1. The van der Waals surface area contributed by atoms with Crippen LogP contribution in [0.2, 0.25) is 0 Å². The third-order valence-corrected chi connectivity index (χ3v) is 4.74. The van der Waals surface area contributed by atoms with Gasteiger partial charge in [0.05, 0.1) is 6.54 Å². The lowest BCUT2D eigenvalue weighted by Gasteiger charge is -2.21. The molecule has 5 heteroatoms. The van der Waals surface area contributed by atoms with Crippen molar-refractivity contribution in [2.75, 3.05) is 0 Å². The lowest BCUT2D eigenvalue weighted by Crippen LogP contribution is -2.27. The molecule has 0 unspecified atom stereocenters. The minimum absolute atomic E-state index is 0.0928. The van der Waals surface area contributed by atoms with Crippen LogP contribution in [-0.4, -0.2) is 25.5 Å². The van der Waals surface area contributed by atoms with E-state index >= 15 is 0 Å². The number of nitrogens with one attached hydrogen (secondary N) is 1. The summed E-state index contributed by atoms with van der Waals surface area (Å²) in [5.41, 5.74) is 3.08. The van der Waals surface area contributed by atoms with Crippen LogP contribution in [0.1, 0.15) is 29.9 Å². The minimum atomic E-state index is 0.0928. The van der Waals surface area contributed by atoms with Crippen LogP contribution >= 0.6 is 0 Å². The summed E-state index contributed by atoms with van der Waals surface area (Å²) in [7, 11) is 2.02. The number of H-pyrrole nitrogens is 1. The number of hydrogen-bond acceptors (Lipinski definition) is 3. The molecular formula is C19H22N4O. The Kier molecular flexibility index (Phi) is 3.73. The van der Waals surface area contributed by atoms with Crippen LogP contribution < -0.4 is 5.43 Å². The number of hydrogen-bond donors (Lipinski definition) is 1. The average Bonchev–Trinajstić information content (AvgIpc) is 3.32. The molecule has 1 aliphatic carbocycles. The van der Waals surface area contributed by atoms with Crippen LogP contribution in [-0.2, 0) is 20.1 Å². The van der Waals surface area contributed by atoms with Crippen molar-refractivity contribution < 1.29 is 0 Å². The van der Waals surface area contributed by atoms with Crippen LogP contribution in [0.4, 0.5) is 0 Å². The summed E-state index contributed by atoms with van der Waals surface area (Å²) in [6.07, 6.45) is 6.25. The molecular weight excluding hydrogens is 300 g/mol. The lowest BCUT2D eigenvalue weighted by atomic mass is 10.1. The molecule has 3 aromatic rings. The molecule has 1 aromatic carbocycles. The molecule has 0 radical (unpaired) electrons. The summed E-state index contributed by atoms with van der Waals surface area (Å²) in [5, 5.41) is 0.765.